The van der Waals surface area contributed by atoms with E-state index in [2.05, 4.69) is 4.74 Å². The Morgan fingerprint density at radius 1 is 1.32 bits per heavy atom. The molecule has 0 aliphatic heterocycles. The smallest absolute Gasteiger partial charge is 0.348 e. The average Bonchev–Trinajstić information content (AvgIpc) is 2.80. The molecule has 100 valence electrons. The summed E-state index contributed by atoms with van der Waals surface area (Å²) in [6.45, 7) is 0. The van der Waals surface area contributed by atoms with E-state index in [1.807, 2.05) is 0 Å². The number of nitrogens with zero attached hydrogens (tertiary/aromatic N) is 2. The minimum Gasteiger partial charge on any atom is -0.465 e. The molecule has 0 aliphatic carbocycles. The molecule has 1 rings (SSSR count). The Kier molecular flexibility index (Phi) is 4.52. The molecule has 1 heterocycles. The maximum absolute atomic E-state index is 11.3. The molecule has 0 radical (unpaired) electrons. The van der Waals surface area contributed by atoms with Gasteiger partial charge in [-0.3, -0.25) is 20.2 Å². The fourth-order valence-corrected chi connectivity index (χ4v) is 1.15. The van der Waals surface area contributed by atoms with E-state index in [9.17, 15) is 25.0 Å². The average molecular weight is 268 g/mol. The van der Waals surface area contributed by atoms with Crippen LogP contribution in [0.2, 0.25) is 0 Å². The Hall–Kier alpha value is -2.97. The number of ether oxygens (including phenoxy) is 1. The largest absolute Gasteiger partial charge is 0.465 e. The molecule has 19 heavy (non-hydrogen) atoms. The lowest BCUT2D eigenvalue weighted by Gasteiger charge is -1.98. The third kappa shape index (κ3) is 4.07. The van der Waals surface area contributed by atoms with Crippen molar-refractivity contribution in [2.75, 3.05) is 7.11 Å². The third-order valence-electron chi connectivity index (χ3n) is 1.89. The first-order valence-corrected chi connectivity index (χ1v) is 4.79. The van der Waals surface area contributed by atoms with Gasteiger partial charge in [0.15, 0.2) is 5.57 Å². The van der Waals surface area contributed by atoms with Crippen molar-refractivity contribution in [2.45, 2.75) is 0 Å². The molecular formula is C10H8N2O7. The van der Waals surface area contributed by atoms with Crippen molar-refractivity contribution < 1.29 is 23.8 Å². The molecular weight excluding hydrogens is 260 g/mol. The Labute approximate surface area is 106 Å². The molecule has 0 spiro atoms. The van der Waals surface area contributed by atoms with Crippen LogP contribution in [0.15, 0.2) is 28.9 Å². The zero-order valence-electron chi connectivity index (χ0n) is 9.64. The van der Waals surface area contributed by atoms with Crippen molar-refractivity contribution in [2.24, 2.45) is 0 Å². The molecule has 0 N–H and O–H groups in total. The van der Waals surface area contributed by atoms with Crippen LogP contribution in [-0.4, -0.2) is 22.9 Å². The van der Waals surface area contributed by atoms with E-state index < -0.39 is 21.4 Å². The first kappa shape index (κ1) is 14.1. The van der Waals surface area contributed by atoms with Crippen LogP contribution in [0.5, 0.6) is 0 Å². The van der Waals surface area contributed by atoms with Gasteiger partial charge in [0.2, 0.25) is 6.20 Å². The molecule has 0 atom stereocenters. The van der Waals surface area contributed by atoms with Crippen LogP contribution in [0.1, 0.15) is 11.5 Å². The van der Waals surface area contributed by atoms with Crippen LogP contribution < -0.4 is 0 Å². The molecule has 0 bridgehead atoms. The molecule has 0 aromatic carbocycles. The highest BCUT2D eigenvalue weighted by atomic mass is 16.6. The molecule has 9 nitrogen and oxygen atoms in total. The third-order valence-corrected chi connectivity index (χ3v) is 1.89. The van der Waals surface area contributed by atoms with Crippen molar-refractivity contribution in [3.05, 3.63) is 56.3 Å². The lowest BCUT2D eigenvalue weighted by atomic mass is 10.2. The Morgan fingerprint density at radius 2 is 2.00 bits per heavy atom. The number of hydrogen-bond acceptors (Lipinski definition) is 7. The summed E-state index contributed by atoms with van der Waals surface area (Å²) in [5, 5.41) is 20.5. The summed E-state index contributed by atoms with van der Waals surface area (Å²) in [7, 11) is 1.06. The van der Waals surface area contributed by atoms with Gasteiger partial charge in [0, 0.05) is 0 Å². The topological polar surface area (TPSA) is 126 Å². The van der Waals surface area contributed by atoms with Crippen molar-refractivity contribution >= 4 is 17.6 Å². The molecule has 0 amide bonds. The van der Waals surface area contributed by atoms with Crippen molar-refractivity contribution in [3.8, 4) is 0 Å². The number of rotatable bonds is 5. The Morgan fingerprint density at radius 3 is 2.53 bits per heavy atom. The van der Waals surface area contributed by atoms with Crippen LogP contribution in [0, 0.1) is 20.2 Å². The maximum atomic E-state index is 11.3. The second kappa shape index (κ2) is 6.10. The number of nitro groups is 2. The van der Waals surface area contributed by atoms with Gasteiger partial charge in [-0.1, -0.05) is 0 Å². The highest BCUT2D eigenvalue weighted by Gasteiger charge is 2.20. The molecule has 0 unspecified atom stereocenters. The fourth-order valence-electron chi connectivity index (χ4n) is 1.15. The van der Waals surface area contributed by atoms with Crippen LogP contribution >= 0.6 is 0 Å². The zero-order chi connectivity index (χ0) is 14.4. The van der Waals surface area contributed by atoms with Crippen LogP contribution in [-0.2, 0) is 9.53 Å². The highest BCUT2D eigenvalue weighted by molar-refractivity contribution is 6.15. The van der Waals surface area contributed by atoms with Crippen LogP contribution in [0.4, 0.5) is 0 Å². The SMILES string of the molecule is COC(=O)C(=C[N+](=O)[O-])c1ccc(C=C[N+](=O)[O-])o1. The van der Waals surface area contributed by atoms with Crippen molar-refractivity contribution in [3.63, 3.8) is 0 Å². The normalized spacial score (nSPS) is 11.5. The van der Waals surface area contributed by atoms with E-state index >= 15 is 0 Å². The number of carbonyl (C=O) groups excluding carboxylic acids is 1. The standard InChI is InChI=1S/C10H8N2O7/c1-18-10(13)8(6-12(16)17)9-3-2-7(19-9)4-5-11(14)15/h2-6H,1H3. The maximum Gasteiger partial charge on any atom is 0.348 e. The summed E-state index contributed by atoms with van der Waals surface area (Å²) in [5.74, 6) is -0.993. The summed E-state index contributed by atoms with van der Waals surface area (Å²) in [6.07, 6.45) is 2.12. The second-order valence-corrected chi connectivity index (χ2v) is 3.12. The number of methoxy groups -OCH3 is 1. The van der Waals surface area contributed by atoms with Crippen LogP contribution in [0.3, 0.4) is 0 Å². The number of esters is 1. The van der Waals surface area contributed by atoms with Crippen molar-refractivity contribution in [1.29, 1.82) is 0 Å². The summed E-state index contributed by atoms with van der Waals surface area (Å²) in [4.78, 5) is 30.3. The van der Waals surface area contributed by atoms with Crippen molar-refractivity contribution in [1.82, 2.24) is 0 Å². The monoisotopic (exact) mass is 268 g/mol. The lowest BCUT2D eigenvalue weighted by Crippen LogP contribution is -2.05. The minimum atomic E-state index is -0.948. The summed E-state index contributed by atoms with van der Waals surface area (Å²) >= 11 is 0. The Bertz CT molecular complexity index is 570. The molecule has 0 saturated heterocycles. The first-order chi connectivity index (χ1) is 8.93. The molecule has 1 aromatic heterocycles. The van der Waals surface area contributed by atoms with E-state index in [4.69, 9.17) is 4.42 Å². The minimum absolute atomic E-state index is 0.0739. The number of furan rings is 1. The van der Waals surface area contributed by atoms with Gasteiger partial charge in [0.25, 0.3) is 6.20 Å². The quantitative estimate of drug-likeness (QED) is 0.341. The summed E-state index contributed by atoms with van der Waals surface area (Å²) < 4.78 is 9.43. The van der Waals surface area contributed by atoms with Gasteiger partial charge in [-0.05, 0) is 12.1 Å². The lowest BCUT2D eigenvalue weighted by molar-refractivity contribution is -0.401. The molecule has 0 saturated carbocycles. The highest BCUT2D eigenvalue weighted by Crippen LogP contribution is 2.20. The molecule has 0 aliphatic rings. The van der Waals surface area contributed by atoms with E-state index in [-0.39, 0.29) is 11.5 Å². The molecule has 0 fully saturated rings. The number of carbonyl (C=O) groups is 1. The van der Waals surface area contributed by atoms with Gasteiger partial charge < -0.3 is 9.15 Å². The van der Waals surface area contributed by atoms with Gasteiger partial charge in [-0.25, -0.2) is 4.79 Å². The van der Waals surface area contributed by atoms with Gasteiger partial charge in [-0.15, -0.1) is 0 Å². The summed E-state index contributed by atoms with van der Waals surface area (Å²) in [6, 6.07) is 2.60. The van der Waals surface area contributed by atoms with Gasteiger partial charge in [0.1, 0.15) is 11.5 Å². The molecule has 9 heteroatoms. The van der Waals surface area contributed by atoms with E-state index in [0.29, 0.717) is 12.4 Å². The van der Waals surface area contributed by atoms with E-state index in [1.165, 1.54) is 12.1 Å². The fraction of sp³-hybridized carbons (Fsp3) is 0.100. The van der Waals surface area contributed by atoms with E-state index in [0.717, 1.165) is 13.2 Å². The van der Waals surface area contributed by atoms with Gasteiger partial charge in [0.05, 0.1) is 23.0 Å². The first-order valence-electron chi connectivity index (χ1n) is 4.79. The van der Waals surface area contributed by atoms with Crippen LogP contribution in [0.25, 0.3) is 11.6 Å². The zero-order valence-corrected chi connectivity index (χ0v) is 9.64. The number of hydrogen-bond donors (Lipinski definition) is 0. The summed E-state index contributed by atoms with van der Waals surface area (Å²) in [5.41, 5.74) is -0.395. The van der Waals surface area contributed by atoms with Gasteiger partial charge >= 0.3 is 5.97 Å². The predicted octanol–water partition coefficient (Wildman–Crippen LogP) is 1.32. The van der Waals surface area contributed by atoms with Gasteiger partial charge in [-0.2, -0.15) is 0 Å². The second-order valence-electron chi connectivity index (χ2n) is 3.12. The molecule has 1 aromatic rings. The van der Waals surface area contributed by atoms with E-state index in [1.54, 1.807) is 0 Å². The predicted molar refractivity (Wildman–Crippen MR) is 61.7 cm³/mol. The Balaban J connectivity index is 3.09.